The highest BCUT2D eigenvalue weighted by atomic mass is 32.1. The van der Waals surface area contributed by atoms with Crippen molar-refractivity contribution in [2.24, 2.45) is 11.8 Å². The van der Waals surface area contributed by atoms with Gasteiger partial charge in [-0.05, 0) is 43.0 Å². The number of nitrogens with two attached hydrogens (primary N) is 1. The molecule has 0 radical (unpaired) electrons. The van der Waals surface area contributed by atoms with E-state index in [2.05, 4.69) is 22.9 Å². The molecule has 0 spiro atoms. The van der Waals surface area contributed by atoms with Gasteiger partial charge >= 0.3 is 0 Å². The molecule has 1 aromatic heterocycles. The molecule has 1 aliphatic carbocycles. The molecule has 0 bridgehead atoms. The van der Waals surface area contributed by atoms with Gasteiger partial charge in [0.25, 0.3) is 0 Å². The van der Waals surface area contributed by atoms with Crippen LogP contribution in [0.1, 0.15) is 43.4 Å². The molecule has 1 saturated carbocycles. The number of hydrogen-bond acceptors (Lipinski definition) is 4. The summed E-state index contributed by atoms with van der Waals surface area (Å²) in [5.74, 6) is 6.44. The maximum Gasteiger partial charge on any atom is 0.0765 e. The number of hydrogen-bond donors (Lipinski definition) is 2. The Morgan fingerprint density at radius 3 is 2.79 bits per heavy atom. The Labute approximate surface area is 120 Å². The quantitative estimate of drug-likeness (QED) is 0.597. The summed E-state index contributed by atoms with van der Waals surface area (Å²) in [6.45, 7) is 0. The molecule has 1 aromatic rings. The molecule has 108 valence electrons. The molecule has 3 N–H and O–H groups in total. The molecule has 0 saturated heterocycles. The van der Waals surface area contributed by atoms with Crippen molar-refractivity contribution in [1.29, 1.82) is 0 Å². The fraction of sp³-hybridized carbons (Fsp3) is 0.733. The molecule has 3 nitrogen and oxygen atoms in total. The second-order valence-electron chi connectivity index (χ2n) is 5.49. The number of thiophene rings is 1. The minimum absolute atomic E-state index is 0.255. The van der Waals surface area contributed by atoms with Gasteiger partial charge in [-0.25, -0.2) is 0 Å². The zero-order valence-corrected chi connectivity index (χ0v) is 12.6. The van der Waals surface area contributed by atoms with Crippen LogP contribution in [0.25, 0.3) is 0 Å². The van der Waals surface area contributed by atoms with Gasteiger partial charge in [-0.1, -0.05) is 25.3 Å². The summed E-state index contributed by atoms with van der Waals surface area (Å²) in [5.41, 5.74) is 2.99. The van der Waals surface area contributed by atoms with E-state index in [0.717, 1.165) is 12.8 Å². The van der Waals surface area contributed by atoms with Crippen LogP contribution in [0.3, 0.4) is 0 Å². The van der Waals surface area contributed by atoms with Crippen LogP contribution in [0.15, 0.2) is 17.5 Å². The highest BCUT2D eigenvalue weighted by Crippen LogP contribution is 2.30. The van der Waals surface area contributed by atoms with Crippen LogP contribution in [0.5, 0.6) is 0 Å². The van der Waals surface area contributed by atoms with E-state index in [9.17, 15) is 0 Å². The van der Waals surface area contributed by atoms with Crippen LogP contribution in [-0.2, 0) is 11.2 Å². The molecule has 4 heteroatoms. The smallest absolute Gasteiger partial charge is 0.0765 e. The standard InChI is InChI=1S/C15H26N2OS/c1-18-15(12-6-3-2-4-7-12)14(17-16)10-9-13-8-5-11-19-13/h5,8,11-12,14-15,17H,2-4,6-7,9-10,16H2,1H3. The molecule has 0 aromatic carbocycles. The van der Waals surface area contributed by atoms with Crippen LogP contribution in [-0.4, -0.2) is 19.3 Å². The summed E-state index contributed by atoms with van der Waals surface area (Å²) in [6, 6.07) is 4.57. The first-order valence-electron chi connectivity index (χ1n) is 7.36. The lowest BCUT2D eigenvalue weighted by molar-refractivity contribution is 0.00620. The number of rotatable bonds is 7. The van der Waals surface area contributed by atoms with Crippen molar-refractivity contribution < 1.29 is 4.74 Å². The summed E-state index contributed by atoms with van der Waals surface area (Å²) in [5, 5.41) is 2.13. The fourth-order valence-electron chi connectivity index (χ4n) is 3.24. The number of hydrazine groups is 1. The minimum Gasteiger partial charge on any atom is -0.379 e. The zero-order valence-electron chi connectivity index (χ0n) is 11.8. The highest BCUT2D eigenvalue weighted by molar-refractivity contribution is 7.09. The number of aryl methyl sites for hydroxylation is 1. The lowest BCUT2D eigenvalue weighted by Crippen LogP contribution is -2.48. The van der Waals surface area contributed by atoms with Crippen molar-refractivity contribution in [1.82, 2.24) is 5.43 Å². The Kier molecular flexibility index (Phi) is 6.31. The number of nitrogens with one attached hydrogen (secondary N) is 1. The summed E-state index contributed by atoms with van der Waals surface area (Å²) in [4.78, 5) is 1.43. The predicted octanol–water partition coefficient (Wildman–Crippen LogP) is 3.11. The Morgan fingerprint density at radius 2 is 2.21 bits per heavy atom. The SMILES string of the molecule is COC(C1CCCCC1)C(CCc1cccs1)NN. The third-order valence-electron chi connectivity index (χ3n) is 4.28. The third kappa shape index (κ3) is 4.28. The van der Waals surface area contributed by atoms with Gasteiger partial charge < -0.3 is 4.74 Å². The van der Waals surface area contributed by atoms with Crippen LogP contribution < -0.4 is 11.3 Å². The molecule has 2 unspecified atom stereocenters. The normalized spacial score (nSPS) is 20.3. The van der Waals surface area contributed by atoms with Crippen LogP contribution in [0, 0.1) is 5.92 Å². The topological polar surface area (TPSA) is 47.3 Å². The molecular weight excluding hydrogens is 256 g/mol. The van der Waals surface area contributed by atoms with E-state index in [1.807, 2.05) is 18.4 Å². The molecule has 2 rings (SSSR count). The van der Waals surface area contributed by atoms with Crippen molar-refractivity contribution in [3.05, 3.63) is 22.4 Å². The van der Waals surface area contributed by atoms with Gasteiger partial charge in [-0.15, -0.1) is 11.3 Å². The van der Waals surface area contributed by atoms with Crippen molar-refractivity contribution in [3.63, 3.8) is 0 Å². The average molecular weight is 282 g/mol. The van der Waals surface area contributed by atoms with Crippen molar-refractivity contribution in [2.75, 3.05) is 7.11 Å². The van der Waals surface area contributed by atoms with Gasteiger partial charge in [0.2, 0.25) is 0 Å². The van der Waals surface area contributed by atoms with Crippen LogP contribution in [0.2, 0.25) is 0 Å². The molecule has 0 amide bonds. The Morgan fingerprint density at radius 1 is 1.42 bits per heavy atom. The van der Waals surface area contributed by atoms with Crippen molar-refractivity contribution in [3.8, 4) is 0 Å². The monoisotopic (exact) mass is 282 g/mol. The zero-order chi connectivity index (χ0) is 13.5. The predicted molar refractivity (Wildman–Crippen MR) is 81.1 cm³/mol. The maximum atomic E-state index is 5.77. The van der Waals surface area contributed by atoms with Crippen LogP contribution >= 0.6 is 11.3 Å². The van der Waals surface area contributed by atoms with E-state index in [4.69, 9.17) is 10.6 Å². The first-order valence-corrected chi connectivity index (χ1v) is 8.24. The Balaban J connectivity index is 1.89. The average Bonchev–Trinajstić information content (AvgIpc) is 2.97. The summed E-state index contributed by atoms with van der Waals surface area (Å²) >= 11 is 1.82. The van der Waals surface area contributed by atoms with E-state index >= 15 is 0 Å². The molecule has 19 heavy (non-hydrogen) atoms. The van der Waals surface area contributed by atoms with Crippen molar-refractivity contribution in [2.45, 2.75) is 57.1 Å². The third-order valence-corrected chi connectivity index (χ3v) is 5.22. The van der Waals surface area contributed by atoms with Gasteiger partial charge in [0, 0.05) is 18.0 Å². The largest absolute Gasteiger partial charge is 0.379 e. The van der Waals surface area contributed by atoms with Gasteiger partial charge in [0.05, 0.1) is 6.10 Å². The van der Waals surface area contributed by atoms with Gasteiger partial charge in [0.15, 0.2) is 0 Å². The lowest BCUT2D eigenvalue weighted by Gasteiger charge is -2.34. The van der Waals surface area contributed by atoms with E-state index < -0.39 is 0 Å². The summed E-state index contributed by atoms with van der Waals surface area (Å²) in [7, 11) is 1.83. The molecule has 0 aliphatic heterocycles. The first kappa shape index (κ1) is 15.0. The van der Waals surface area contributed by atoms with E-state index in [1.54, 1.807) is 0 Å². The number of methoxy groups -OCH3 is 1. The molecule has 1 aliphatic rings. The van der Waals surface area contributed by atoms with E-state index in [1.165, 1.54) is 37.0 Å². The van der Waals surface area contributed by atoms with Gasteiger partial charge in [-0.3, -0.25) is 11.3 Å². The summed E-state index contributed by atoms with van der Waals surface area (Å²) in [6.07, 6.45) is 9.02. The second-order valence-corrected chi connectivity index (χ2v) is 6.52. The lowest BCUT2D eigenvalue weighted by atomic mass is 9.81. The second kappa shape index (κ2) is 8.00. The number of ether oxygens (including phenoxy) is 1. The molecule has 1 heterocycles. The molecule has 1 fully saturated rings. The van der Waals surface area contributed by atoms with Gasteiger partial charge in [0.1, 0.15) is 0 Å². The Bertz CT molecular complexity index is 336. The molecular formula is C15H26N2OS. The van der Waals surface area contributed by atoms with Crippen LogP contribution in [0.4, 0.5) is 0 Å². The first-order chi connectivity index (χ1) is 9.35. The highest BCUT2D eigenvalue weighted by Gasteiger charge is 2.29. The maximum absolute atomic E-state index is 5.77. The van der Waals surface area contributed by atoms with E-state index in [0.29, 0.717) is 5.92 Å². The van der Waals surface area contributed by atoms with Crippen molar-refractivity contribution >= 4 is 11.3 Å². The van der Waals surface area contributed by atoms with Gasteiger partial charge in [-0.2, -0.15) is 0 Å². The summed E-state index contributed by atoms with van der Waals surface area (Å²) < 4.78 is 5.77. The van der Waals surface area contributed by atoms with E-state index in [-0.39, 0.29) is 12.1 Å². The molecule has 2 atom stereocenters. The minimum atomic E-state index is 0.255. The fourth-order valence-corrected chi connectivity index (χ4v) is 3.97. The Hall–Kier alpha value is -0.420.